The van der Waals surface area contributed by atoms with Crippen molar-refractivity contribution in [3.63, 3.8) is 0 Å². The normalized spacial score (nSPS) is 9.95. The summed E-state index contributed by atoms with van der Waals surface area (Å²) in [5.41, 5.74) is 7.53. The number of benzene rings is 2. The molecule has 0 spiro atoms. The van der Waals surface area contributed by atoms with Crippen LogP contribution < -0.4 is 5.73 Å². The topological polar surface area (TPSA) is 69.4 Å². The van der Waals surface area contributed by atoms with Crippen LogP contribution in [0.4, 0.5) is 5.69 Å². The van der Waals surface area contributed by atoms with E-state index in [1.54, 1.807) is 48.5 Å². The van der Waals surface area contributed by atoms with Gasteiger partial charge in [-0.25, -0.2) is 4.79 Å². The first-order chi connectivity index (χ1) is 9.13. The number of methoxy groups -OCH3 is 1. The van der Waals surface area contributed by atoms with Gasteiger partial charge < -0.3 is 10.5 Å². The molecule has 0 saturated carbocycles. The molecule has 19 heavy (non-hydrogen) atoms. The third-order valence-corrected chi connectivity index (χ3v) is 2.77. The third kappa shape index (κ3) is 2.63. The van der Waals surface area contributed by atoms with E-state index in [1.165, 1.54) is 7.11 Å². The summed E-state index contributed by atoms with van der Waals surface area (Å²) in [5.74, 6) is -0.604. The van der Waals surface area contributed by atoms with Crippen molar-refractivity contribution in [1.82, 2.24) is 0 Å². The number of carbonyl (C=O) groups excluding carboxylic acids is 2. The first-order valence-electron chi connectivity index (χ1n) is 5.71. The molecule has 0 fully saturated rings. The minimum atomic E-state index is -0.432. The molecule has 0 atom stereocenters. The van der Waals surface area contributed by atoms with Crippen molar-refractivity contribution in [3.05, 3.63) is 65.2 Å². The Balaban J connectivity index is 2.31. The molecule has 2 N–H and O–H groups in total. The van der Waals surface area contributed by atoms with E-state index in [9.17, 15) is 9.59 Å². The summed E-state index contributed by atoms with van der Waals surface area (Å²) < 4.78 is 4.60. The molecule has 0 unspecified atom stereocenters. The van der Waals surface area contributed by atoms with Crippen molar-refractivity contribution in [3.8, 4) is 0 Å². The summed E-state index contributed by atoms with van der Waals surface area (Å²) in [6.45, 7) is 0. The summed E-state index contributed by atoms with van der Waals surface area (Å²) in [6.07, 6.45) is 0. The molecule has 4 nitrogen and oxygen atoms in total. The van der Waals surface area contributed by atoms with Gasteiger partial charge in [-0.1, -0.05) is 24.3 Å². The molecule has 2 aromatic rings. The van der Waals surface area contributed by atoms with Gasteiger partial charge in [0.05, 0.1) is 12.7 Å². The van der Waals surface area contributed by atoms with Crippen molar-refractivity contribution in [1.29, 1.82) is 0 Å². The van der Waals surface area contributed by atoms with E-state index in [1.807, 2.05) is 0 Å². The highest BCUT2D eigenvalue weighted by molar-refractivity contribution is 6.12. The molecular formula is C15H13NO3. The predicted octanol–water partition coefficient (Wildman–Crippen LogP) is 2.29. The van der Waals surface area contributed by atoms with Gasteiger partial charge in [-0.2, -0.15) is 0 Å². The molecule has 0 aliphatic carbocycles. The number of ketones is 1. The first kappa shape index (κ1) is 12.8. The highest BCUT2D eigenvalue weighted by Gasteiger charge is 2.12. The molecule has 4 heteroatoms. The molecule has 2 aromatic carbocycles. The maximum atomic E-state index is 12.2. The standard InChI is InChI=1S/C15H13NO3/c1-19-15(18)11-8-6-10(7-9-11)14(17)12-4-2-3-5-13(12)16/h2-9H,16H2,1H3. The minimum absolute atomic E-state index is 0.172. The van der Waals surface area contributed by atoms with Crippen LogP contribution in [0.5, 0.6) is 0 Å². The maximum absolute atomic E-state index is 12.2. The number of carbonyl (C=O) groups is 2. The van der Waals surface area contributed by atoms with Gasteiger partial charge in [0.2, 0.25) is 0 Å². The zero-order chi connectivity index (χ0) is 13.8. The van der Waals surface area contributed by atoms with Crippen molar-refractivity contribution in [2.24, 2.45) is 0 Å². The number of para-hydroxylation sites is 1. The smallest absolute Gasteiger partial charge is 0.337 e. The summed E-state index contributed by atoms with van der Waals surface area (Å²) in [7, 11) is 1.31. The Morgan fingerprint density at radius 2 is 1.53 bits per heavy atom. The Hall–Kier alpha value is -2.62. The van der Waals surface area contributed by atoms with Gasteiger partial charge in [0.1, 0.15) is 0 Å². The van der Waals surface area contributed by atoms with Crippen LogP contribution in [-0.4, -0.2) is 18.9 Å². The summed E-state index contributed by atoms with van der Waals surface area (Å²) in [6, 6.07) is 13.2. The molecule has 0 aliphatic rings. The maximum Gasteiger partial charge on any atom is 0.337 e. The molecule has 0 aromatic heterocycles. The van der Waals surface area contributed by atoms with Crippen LogP contribution in [0.25, 0.3) is 0 Å². The predicted molar refractivity (Wildman–Crippen MR) is 72.1 cm³/mol. The number of anilines is 1. The molecular weight excluding hydrogens is 242 g/mol. The Morgan fingerprint density at radius 3 is 2.11 bits per heavy atom. The lowest BCUT2D eigenvalue weighted by molar-refractivity contribution is 0.0600. The van der Waals surface area contributed by atoms with Crippen molar-refractivity contribution < 1.29 is 14.3 Å². The van der Waals surface area contributed by atoms with Gasteiger partial charge in [0.25, 0.3) is 0 Å². The molecule has 0 amide bonds. The minimum Gasteiger partial charge on any atom is -0.465 e. The fourth-order valence-electron chi connectivity index (χ4n) is 1.73. The summed E-state index contributed by atoms with van der Waals surface area (Å²) in [4.78, 5) is 23.5. The number of esters is 1. The number of nitrogen functional groups attached to an aromatic ring is 1. The lowest BCUT2D eigenvalue weighted by Crippen LogP contribution is -2.06. The van der Waals surface area contributed by atoms with Gasteiger partial charge in [0.15, 0.2) is 5.78 Å². The van der Waals surface area contributed by atoms with E-state index < -0.39 is 5.97 Å². The Kier molecular flexibility index (Phi) is 3.61. The van der Waals surface area contributed by atoms with Crippen LogP contribution in [0.2, 0.25) is 0 Å². The van der Waals surface area contributed by atoms with E-state index in [0.29, 0.717) is 22.4 Å². The van der Waals surface area contributed by atoms with Crippen LogP contribution in [0.1, 0.15) is 26.3 Å². The third-order valence-electron chi connectivity index (χ3n) is 2.77. The van der Waals surface area contributed by atoms with Gasteiger partial charge >= 0.3 is 5.97 Å². The summed E-state index contributed by atoms with van der Waals surface area (Å²) >= 11 is 0. The zero-order valence-electron chi connectivity index (χ0n) is 10.4. The second-order valence-corrected chi connectivity index (χ2v) is 3.99. The fraction of sp³-hybridized carbons (Fsp3) is 0.0667. The quantitative estimate of drug-likeness (QED) is 0.519. The van der Waals surface area contributed by atoms with Gasteiger partial charge in [-0.3, -0.25) is 4.79 Å². The lowest BCUT2D eigenvalue weighted by atomic mass is 10.0. The second-order valence-electron chi connectivity index (χ2n) is 3.99. The van der Waals surface area contributed by atoms with E-state index in [0.717, 1.165) is 0 Å². The Bertz CT molecular complexity index is 618. The highest BCUT2D eigenvalue weighted by atomic mass is 16.5. The number of ether oxygens (including phenoxy) is 1. The first-order valence-corrected chi connectivity index (χ1v) is 5.71. The van der Waals surface area contributed by atoms with E-state index in [2.05, 4.69) is 4.74 Å². The van der Waals surface area contributed by atoms with Crippen molar-refractivity contribution in [2.75, 3.05) is 12.8 Å². The van der Waals surface area contributed by atoms with Gasteiger partial charge in [-0.15, -0.1) is 0 Å². The van der Waals surface area contributed by atoms with Crippen LogP contribution in [0, 0.1) is 0 Å². The zero-order valence-corrected chi connectivity index (χ0v) is 10.4. The monoisotopic (exact) mass is 255 g/mol. The van der Waals surface area contributed by atoms with E-state index in [-0.39, 0.29) is 5.78 Å². The molecule has 2 rings (SSSR count). The van der Waals surface area contributed by atoms with Crippen LogP contribution in [0.3, 0.4) is 0 Å². The molecule has 0 aliphatic heterocycles. The van der Waals surface area contributed by atoms with Crippen LogP contribution in [-0.2, 0) is 4.74 Å². The molecule has 0 bridgehead atoms. The number of hydrogen-bond donors (Lipinski definition) is 1. The molecule has 0 radical (unpaired) electrons. The molecule has 96 valence electrons. The average Bonchev–Trinajstić information content (AvgIpc) is 2.46. The highest BCUT2D eigenvalue weighted by Crippen LogP contribution is 2.16. The van der Waals surface area contributed by atoms with Crippen LogP contribution in [0.15, 0.2) is 48.5 Å². The van der Waals surface area contributed by atoms with Crippen molar-refractivity contribution in [2.45, 2.75) is 0 Å². The van der Waals surface area contributed by atoms with E-state index in [4.69, 9.17) is 5.73 Å². The van der Waals surface area contributed by atoms with Crippen molar-refractivity contribution >= 4 is 17.4 Å². The van der Waals surface area contributed by atoms with Crippen LogP contribution >= 0.6 is 0 Å². The Labute approximate surface area is 110 Å². The van der Waals surface area contributed by atoms with Gasteiger partial charge in [0, 0.05) is 16.8 Å². The summed E-state index contributed by atoms with van der Waals surface area (Å²) in [5, 5.41) is 0. The Morgan fingerprint density at radius 1 is 0.947 bits per heavy atom. The number of hydrogen-bond acceptors (Lipinski definition) is 4. The largest absolute Gasteiger partial charge is 0.465 e. The number of nitrogens with two attached hydrogens (primary N) is 1. The second kappa shape index (κ2) is 5.35. The molecule has 0 heterocycles. The fourth-order valence-corrected chi connectivity index (χ4v) is 1.73. The molecule has 0 saturated heterocycles. The van der Waals surface area contributed by atoms with E-state index >= 15 is 0 Å². The van der Waals surface area contributed by atoms with Gasteiger partial charge in [-0.05, 0) is 24.3 Å². The SMILES string of the molecule is COC(=O)c1ccc(C(=O)c2ccccc2N)cc1. The number of rotatable bonds is 3. The average molecular weight is 255 g/mol. The lowest BCUT2D eigenvalue weighted by Gasteiger charge is -2.05.